The first kappa shape index (κ1) is 27.3. The second-order valence-electron chi connectivity index (χ2n) is 9.84. The fourth-order valence-corrected chi connectivity index (χ4v) is 5.03. The number of aromatic nitrogens is 2. The zero-order chi connectivity index (χ0) is 26.3. The van der Waals surface area contributed by atoms with Gasteiger partial charge >= 0.3 is 0 Å². The molecule has 0 unspecified atom stereocenters. The molecule has 0 bridgehead atoms. The first-order valence-electron chi connectivity index (χ1n) is 13.0. The lowest BCUT2D eigenvalue weighted by Gasteiger charge is -2.39. The zero-order valence-electron chi connectivity index (χ0n) is 22.1. The maximum absolute atomic E-state index is 11.3. The maximum atomic E-state index is 11.3. The van der Waals surface area contributed by atoms with Crippen molar-refractivity contribution in [3.8, 4) is 17.2 Å². The van der Waals surface area contributed by atoms with Crippen LogP contribution >= 0.6 is 11.6 Å². The molecule has 2 heterocycles. The van der Waals surface area contributed by atoms with E-state index < -0.39 is 5.60 Å². The van der Waals surface area contributed by atoms with Gasteiger partial charge in [-0.05, 0) is 68.1 Å². The largest absolute Gasteiger partial charge is 0.493 e. The number of likely N-dealkylation sites (tertiary alicyclic amines) is 1. The van der Waals surface area contributed by atoms with Gasteiger partial charge < -0.3 is 23.9 Å². The molecule has 0 amide bonds. The Labute approximate surface area is 224 Å². The molecule has 1 saturated heterocycles. The van der Waals surface area contributed by atoms with Crippen LogP contribution in [0.1, 0.15) is 43.1 Å². The van der Waals surface area contributed by atoms with E-state index in [4.69, 9.17) is 25.8 Å². The third-order valence-corrected chi connectivity index (χ3v) is 7.08. The standard InChI is InChI=1S/C29H38ClN3O4/c1-4-28-31-12-15-33(28)14-6-16-36-27-18-23(8-10-25(27)35-3)19-32-13-5-11-29(34,20-32)21-37-26-17-22(2)7-9-24(26)30/h7-10,12,15,17-18,34H,4-6,11,13-14,16,19-21H2,1-3H3/t29-/m1/s1. The molecule has 1 aliphatic heterocycles. The highest BCUT2D eigenvalue weighted by molar-refractivity contribution is 6.32. The van der Waals surface area contributed by atoms with Crippen molar-refractivity contribution in [1.82, 2.24) is 14.5 Å². The van der Waals surface area contributed by atoms with Gasteiger partial charge in [0.15, 0.2) is 11.5 Å². The number of halogens is 1. The average Bonchev–Trinajstić information content (AvgIpc) is 3.35. The number of benzene rings is 2. The summed E-state index contributed by atoms with van der Waals surface area (Å²) in [7, 11) is 1.66. The van der Waals surface area contributed by atoms with E-state index in [2.05, 4.69) is 27.4 Å². The summed E-state index contributed by atoms with van der Waals surface area (Å²) in [6.45, 7) is 7.93. The van der Waals surface area contributed by atoms with Crippen LogP contribution < -0.4 is 14.2 Å². The minimum absolute atomic E-state index is 0.209. The van der Waals surface area contributed by atoms with E-state index in [9.17, 15) is 5.11 Å². The second kappa shape index (κ2) is 12.7. The summed E-state index contributed by atoms with van der Waals surface area (Å²) >= 11 is 6.28. The minimum atomic E-state index is -0.929. The van der Waals surface area contributed by atoms with Crippen LogP contribution in [0.5, 0.6) is 17.2 Å². The van der Waals surface area contributed by atoms with Gasteiger partial charge in [0.1, 0.15) is 23.8 Å². The SMILES string of the molecule is CCc1nccn1CCCOc1cc(CN2CCC[C@](O)(COc3cc(C)ccc3Cl)C2)ccc1OC. The number of rotatable bonds is 12. The zero-order valence-corrected chi connectivity index (χ0v) is 22.8. The van der Waals surface area contributed by atoms with Crippen LogP contribution in [0.3, 0.4) is 0 Å². The molecular formula is C29H38ClN3O4. The maximum Gasteiger partial charge on any atom is 0.161 e. The van der Waals surface area contributed by atoms with Gasteiger partial charge in [-0.3, -0.25) is 4.90 Å². The highest BCUT2D eigenvalue weighted by Gasteiger charge is 2.34. The fourth-order valence-electron chi connectivity index (χ4n) is 4.86. The molecule has 8 heteroatoms. The van der Waals surface area contributed by atoms with E-state index in [1.807, 2.05) is 49.6 Å². The number of imidazole rings is 1. The van der Waals surface area contributed by atoms with Gasteiger partial charge in [0.05, 0.1) is 18.7 Å². The van der Waals surface area contributed by atoms with Gasteiger partial charge in [-0.1, -0.05) is 30.7 Å². The number of hydrogen-bond donors (Lipinski definition) is 1. The summed E-state index contributed by atoms with van der Waals surface area (Å²) in [5, 5.41) is 11.8. The van der Waals surface area contributed by atoms with Crippen molar-refractivity contribution >= 4 is 11.6 Å². The Hall–Kier alpha value is -2.74. The monoisotopic (exact) mass is 527 g/mol. The Morgan fingerprint density at radius 3 is 2.78 bits per heavy atom. The Bertz CT molecular complexity index is 1170. The van der Waals surface area contributed by atoms with E-state index in [-0.39, 0.29) is 6.61 Å². The number of hydrogen-bond acceptors (Lipinski definition) is 6. The number of aryl methyl sites for hydroxylation is 3. The van der Waals surface area contributed by atoms with Gasteiger partial charge in [-0.25, -0.2) is 4.98 Å². The molecule has 7 nitrogen and oxygen atoms in total. The molecule has 3 aromatic rings. The van der Waals surface area contributed by atoms with Crippen LogP contribution in [0.4, 0.5) is 0 Å². The van der Waals surface area contributed by atoms with Gasteiger partial charge in [0, 0.05) is 38.4 Å². The van der Waals surface area contributed by atoms with Gasteiger partial charge in [0.25, 0.3) is 0 Å². The highest BCUT2D eigenvalue weighted by atomic mass is 35.5. The average molecular weight is 528 g/mol. The summed E-state index contributed by atoms with van der Waals surface area (Å²) in [5.41, 5.74) is 1.26. The van der Waals surface area contributed by atoms with Gasteiger partial charge in [0.2, 0.25) is 0 Å². The summed E-state index contributed by atoms with van der Waals surface area (Å²) < 4.78 is 19.8. The lowest BCUT2D eigenvalue weighted by Crippen LogP contribution is -2.51. The van der Waals surface area contributed by atoms with Crippen molar-refractivity contribution in [3.63, 3.8) is 0 Å². The van der Waals surface area contributed by atoms with E-state index in [0.717, 1.165) is 60.8 Å². The van der Waals surface area contributed by atoms with Crippen LogP contribution in [0.15, 0.2) is 48.8 Å². The van der Waals surface area contributed by atoms with Crippen LogP contribution in [0.2, 0.25) is 5.02 Å². The lowest BCUT2D eigenvalue weighted by atomic mass is 9.93. The molecule has 1 N–H and O–H groups in total. The summed E-state index contributed by atoms with van der Waals surface area (Å²) in [6.07, 6.45) is 7.25. The Morgan fingerprint density at radius 2 is 1.97 bits per heavy atom. The molecule has 2 aromatic carbocycles. The molecule has 0 aliphatic carbocycles. The molecule has 37 heavy (non-hydrogen) atoms. The van der Waals surface area contributed by atoms with Crippen LogP contribution in [0.25, 0.3) is 0 Å². The second-order valence-corrected chi connectivity index (χ2v) is 10.2. The first-order valence-corrected chi connectivity index (χ1v) is 13.4. The smallest absolute Gasteiger partial charge is 0.161 e. The summed E-state index contributed by atoms with van der Waals surface area (Å²) in [4.78, 5) is 6.64. The van der Waals surface area contributed by atoms with Gasteiger partial charge in [-0.2, -0.15) is 0 Å². The van der Waals surface area contributed by atoms with E-state index in [1.54, 1.807) is 7.11 Å². The Balaban J connectivity index is 1.33. The summed E-state index contributed by atoms with van der Waals surface area (Å²) in [5.74, 6) is 3.17. The predicted octanol–water partition coefficient (Wildman–Crippen LogP) is 5.29. The van der Waals surface area contributed by atoms with Crippen LogP contribution in [0, 0.1) is 6.92 Å². The molecule has 1 fully saturated rings. The van der Waals surface area contributed by atoms with Crippen molar-refractivity contribution in [2.75, 3.05) is 33.4 Å². The van der Waals surface area contributed by atoms with Crippen molar-refractivity contribution in [3.05, 3.63) is 70.8 Å². The molecule has 1 aliphatic rings. The lowest BCUT2D eigenvalue weighted by molar-refractivity contribution is -0.0621. The highest BCUT2D eigenvalue weighted by Crippen LogP contribution is 2.31. The summed E-state index contributed by atoms with van der Waals surface area (Å²) in [6, 6.07) is 11.7. The molecule has 200 valence electrons. The number of methoxy groups -OCH3 is 1. The van der Waals surface area contributed by atoms with Crippen molar-refractivity contribution in [1.29, 1.82) is 0 Å². The van der Waals surface area contributed by atoms with Crippen molar-refractivity contribution < 1.29 is 19.3 Å². The van der Waals surface area contributed by atoms with Crippen molar-refractivity contribution in [2.24, 2.45) is 0 Å². The number of β-amino-alcohol motifs (C(OH)–C–C–N with tert-alkyl or cyclic N) is 1. The number of nitrogens with zero attached hydrogens (tertiary/aromatic N) is 3. The van der Waals surface area contributed by atoms with Crippen LogP contribution in [-0.4, -0.2) is 58.6 Å². The molecule has 0 spiro atoms. The minimum Gasteiger partial charge on any atom is -0.493 e. The van der Waals surface area contributed by atoms with Crippen molar-refractivity contribution in [2.45, 2.75) is 58.2 Å². The quantitative estimate of drug-likeness (QED) is 0.323. The van der Waals surface area contributed by atoms with E-state index in [0.29, 0.717) is 36.9 Å². The molecular weight excluding hydrogens is 490 g/mol. The number of ether oxygens (including phenoxy) is 3. The van der Waals surface area contributed by atoms with Crippen LogP contribution in [-0.2, 0) is 19.5 Å². The molecule has 1 atom stereocenters. The molecule has 1 aromatic heterocycles. The van der Waals surface area contributed by atoms with E-state index in [1.165, 1.54) is 0 Å². The molecule has 0 radical (unpaired) electrons. The fraction of sp³-hybridized carbons (Fsp3) is 0.483. The molecule has 0 saturated carbocycles. The topological polar surface area (TPSA) is 69.0 Å². The predicted molar refractivity (Wildman–Crippen MR) is 146 cm³/mol. The normalized spacial score (nSPS) is 18.1. The molecule has 4 rings (SSSR count). The number of aliphatic hydroxyl groups is 1. The first-order chi connectivity index (χ1) is 17.9. The van der Waals surface area contributed by atoms with Gasteiger partial charge in [-0.15, -0.1) is 0 Å². The Kier molecular flexibility index (Phi) is 9.35. The van der Waals surface area contributed by atoms with E-state index >= 15 is 0 Å². The number of piperidine rings is 1. The third kappa shape index (κ3) is 7.40. The Morgan fingerprint density at radius 1 is 1.11 bits per heavy atom. The third-order valence-electron chi connectivity index (χ3n) is 6.77.